The average Bonchev–Trinajstić information content (AvgIpc) is 2.83. The summed E-state index contributed by atoms with van der Waals surface area (Å²) in [5, 5.41) is 3.56. The highest BCUT2D eigenvalue weighted by Gasteiger charge is 2.27. The van der Waals surface area contributed by atoms with Gasteiger partial charge in [-0.1, -0.05) is 36.4 Å². The molecule has 0 aliphatic carbocycles. The summed E-state index contributed by atoms with van der Waals surface area (Å²) in [5.74, 6) is 0.640. The topological polar surface area (TPSA) is 49.3 Å². The van der Waals surface area contributed by atoms with Crippen LogP contribution < -0.4 is 5.32 Å². The van der Waals surface area contributed by atoms with Crippen molar-refractivity contribution >= 4 is 5.96 Å². The zero-order valence-corrected chi connectivity index (χ0v) is 19.0. The van der Waals surface area contributed by atoms with Gasteiger partial charge in [-0.25, -0.2) is 4.39 Å². The van der Waals surface area contributed by atoms with Gasteiger partial charge in [0.05, 0.1) is 32.4 Å². The Kier molecular flexibility index (Phi) is 7.73. The van der Waals surface area contributed by atoms with Crippen LogP contribution in [0.5, 0.6) is 0 Å². The van der Waals surface area contributed by atoms with Crippen molar-refractivity contribution < 1.29 is 13.9 Å². The van der Waals surface area contributed by atoms with E-state index < -0.39 is 0 Å². The minimum absolute atomic E-state index is 0.0155. The van der Waals surface area contributed by atoms with Crippen molar-refractivity contribution in [2.45, 2.75) is 19.1 Å². The maximum absolute atomic E-state index is 14.0. The Balaban J connectivity index is 1.46. The molecule has 2 aromatic carbocycles. The fourth-order valence-electron chi connectivity index (χ4n) is 4.56. The molecular weight excluding hydrogens is 407 g/mol. The van der Waals surface area contributed by atoms with Gasteiger partial charge in [0.2, 0.25) is 0 Å². The summed E-state index contributed by atoms with van der Waals surface area (Å²) < 4.78 is 25.6. The largest absolute Gasteiger partial charge is 0.379 e. The van der Waals surface area contributed by atoms with Crippen molar-refractivity contribution in [1.82, 2.24) is 15.1 Å². The van der Waals surface area contributed by atoms with Crippen LogP contribution in [-0.2, 0) is 9.47 Å². The van der Waals surface area contributed by atoms with Crippen molar-refractivity contribution in [1.29, 1.82) is 0 Å². The second-order valence-electron chi connectivity index (χ2n) is 8.31. The molecule has 0 bridgehead atoms. The number of rotatable bonds is 5. The molecule has 2 aromatic rings. The molecule has 1 N–H and O–H groups in total. The van der Waals surface area contributed by atoms with E-state index in [9.17, 15) is 4.39 Å². The van der Waals surface area contributed by atoms with Gasteiger partial charge in [0, 0.05) is 33.2 Å². The Morgan fingerprint density at radius 3 is 2.69 bits per heavy atom. The number of hydrogen-bond acceptors (Lipinski definition) is 4. The van der Waals surface area contributed by atoms with Crippen LogP contribution in [0.2, 0.25) is 0 Å². The number of nitrogens with zero attached hydrogens (tertiary/aromatic N) is 3. The molecule has 0 radical (unpaired) electrons. The van der Waals surface area contributed by atoms with E-state index in [4.69, 9.17) is 9.47 Å². The zero-order chi connectivity index (χ0) is 22.3. The highest BCUT2D eigenvalue weighted by Crippen LogP contribution is 2.26. The van der Waals surface area contributed by atoms with E-state index in [2.05, 4.69) is 51.3 Å². The summed E-state index contributed by atoms with van der Waals surface area (Å²) in [6, 6.07) is 15.3. The van der Waals surface area contributed by atoms with Crippen LogP contribution in [0.3, 0.4) is 0 Å². The third kappa shape index (κ3) is 5.46. The standard InChI is InChI=1S/C25H33FN4O2/c1-19-6-3-4-9-22(19)24-18-30(12-15-32-24)25(27-2)28-17-23(29-10-13-31-14-11-29)20-7-5-8-21(26)16-20/h3-9,16,23-24H,10-15,17-18H2,1-2H3,(H,27,28). The number of benzene rings is 2. The third-order valence-corrected chi connectivity index (χ3v) is 6.29. The molecule has 4 rings (SSSR count). The molecule has 32 heavy (non-hydrogen) atoms. The van der Waals surface area contributed by atoms with E-state index in [1.165, 1.54) is 17.2 Å². The molecule has 2 aliphatic heterocycles. The van der Waals surface area contributed by atoms with Gasteiger partial charge in [-0.2, -0.15) is 0 Å². The smallest absolute Gasteiger partial charge is 0.193 e. The molecule has 6 nitrogen and oxygen atoms in total. The summed E-state index contributed by atoms with van der Waals surface area (Å²) in [6.07, 6.45) is 0.0155. The second kappa shape index (κ2) is 10.9. The molecule has 0 aromatic heterocycles. The fraction of sp³-hybridized carbons (Fsp3) is 0.480. The van der Waals surface area contributed by atoms with E-state index in [1.54, 1.807) is 12.1 Å². The lowest BCUT2D eigenvalue weighted by Crippen LogP contribution is -2.51. The lowest BCUT2D eigenvalue weighted by Gasteiger charge is -2.38. The minimum atomic E-state index is -0.209. The van der Waals surface area contributed by atoms with Gasteiger partial charge in [0.25, 0.3) is 0 Å². The fourth-order valence-corrected chi connectivity index (χ4v) is 4.56. The van der Waals surface area contributed by atoms with Gasteiger partial charge in [-0.15, -0.1) is 0 Å². The number of nitrogens with one attached hydrogen (secondary N) is 1. The third-order valence-electron chi connectivity index (χ3n) is 6.29. The number of guanidine groups is 1. The lowest BCUT2D eigenvalue weighted by atomic mass is 10.0. The summed E-state index contributed by atoms with van der Waals surface area (Å²) in [4.78, 5) is 9.16. The molecule has 2 unspecified atom stereocenters. The maximum atomic E-state index is 14.0. The summed E-state index contributed by atoms with van der Waals surface area (Å²) in [5.41, 5.74) is 3.43. The van der Waals surface area contributed by atoms with Crippen LogP contribution in [0.15, 0.2) is 53.5 Å². The van der Waals surface area contributed by atoms with Crippen molar-refractivity contribution in [2.24, 2.45) is 4.99 Å². The number of ether oxygens (including phenoxy) is 2. The molecule has 0 spiro atoms. The van der Waals surface area contributed by atoms with Gasteiger partial charge >= 0.3 is 0 Å². The number of halogens is 1. The molecule has 172 valence electrons. The Morgan fingerprint density at radius 1 is 1.12 bits per heavy atom. The first kappa shape index (κ1) is 22.7. The van der Waals surface area contributed by atoms with Crippen LogP contribution in [0.1, 0.15) is 28.8 Å². The Bertz CT molecular complexity index is 916. The molecule has 2 fully saturated rings. The molecule has 2 aliphatic rings. The van der Waals surface area contributed by atoms with Gasteiger partial charge in [0.1, 0.15) is 11.9 Å². The normalized spacial score (nSPS) is 21.4. The predicted octanol–water partition coefficient (Wildman–Crippen LogP) is 3.16. The van der Waals surface area contributed by atoms with Crippen LogP contribution in [0, 0.1) is 12.7 Å². The highest BCUT2D eigenvalue weighted by molar-refractivity contribution is 5.80. The first-order valence-electron chi connectivity index (χ1n) is 11.4. The molecular formula is C25H33FN4O2. The molecule has 2 saturated heterocycles. The number of morpholine rings is 2. The SMILES string of the molecule is CN=C(NCC(c1cccc(F)c1)N1CCOCC1)N1CCOC(c2ccccc2C)C1. The quantitative estimate of drug-likeness (QED) is 0.572. The summed E-state index contributed by atoms with van der Waals surface area (Å²) in [6.45, 7) is 7.99. The van der Waals surface area contributed by atoms with Crippen molar-refractivity contribution in [2.75, 3.05) is 59.6 Å². The molecule has 7 heteroatoms. The first-order valence-corrected chi connectivity index (χ1v) is 11.4. The predicted molar refractivity (Wildman–Crippen MR) is 124 cm³/mol. The molecule has 2 atom stereocenters. The van der Waals surface area contributed by atoms with E-state index in [-0.39, 0.29) is 18.0 Å². The van der Waals surface area contributed by atoms with E-state index >= 15 is 0 Å². The maximum Gasteiger partial charge on any atom is 0.193 e. The Hall–Kier alpha value is -2.48. The number of aryl methyl sites for hydroxylation is 1. The van der Waals surface area contributed by atoms with E-state index in [0.29, 0.717) is 26.4 Å². The number of aliphatic imine (C=N–C) groups is 1. The van der Waals surface area contributed by atoms with Crippen LogP contribution in [-0.4, -0.2) is 75.4 Å². The molecule has 0 amide bonds. The zero-order valence-electron chi connectivity index (χ0n) is 19.0. The summed E-state index contributed by atoms with van der Waals surface area (Å²) in [7, 11) is 1.81. The van der Waals surface area contributed by atoms with Gasteiger partial charge < -0.3 is 19.7 Å². The molecule has 0 saturated carbocycles. The Labute approximate surface area is 190 Å². The van der Waals surface area contributed by atoms with E-state index in [1.807, 2.05) is 13.1 Å². The summed E-state index contributed by atoms with van der Waals surface area (Å²) >= 11 is 0. The van der Waals surface area contributed by atoms with Crippen LogP contribution in [0.25, 0.3) is 0 Å². The van der Waals surface area contributed by atoms with Crippen molar-refractivity contribution in [3.63, 3.8) is 0 Å². The van der Waals surface area contributed by atoms with Gasteiger partial charge in [0.15, 0.2) is 5.96 Å². The van der Waals surface area contributed by atoms with Gasteiger partial charge in [-0.05, 0) is 35.7 Å². The van der Waals surface area contributed by atoms with Crippen LogP contribution in [0.4, 0.5) is 4.39 Å². The van der Waals surface area contributed by atoms with E-state index in [0.717, 1.165) is 37.7 Å². The first-order chi connectivity index (χ1) is 15.7. The minimum Gasteiger partial charge on any atom is -0.379 e. The van der Waals surface area contributed by atoms with Gasteiger partial charge in [-0.3, -0.25) is 9.89 Å². The molecule has 2 heterocycles. The average molecular weight is 441 g/mol. The Morgan fingerprint density at radius 2 is 1.94 bits per heavy atom. The second-order valence-corrected chi connectivity index (χ2v) is 8.31. The van der Waals surface area contributed by atoms with Crippen LogP contribution >= 0.6 is 0 Å². The monoisotopic (exact) mass is 440 g/mol. The van der Waals surface area contributed by atoms with Crippen molar-refractivity contribution in [3.05, 3.63) is 71.0 Å². The lowest BCUT2D eigenvalue weighted by molar-refractivity contribution is -0.00881. The number of hydrogen-bond donors (Lipinski definition) is 1. The highest BCUT2D eigenvalue weighted by atomic mass is 19.1. The van der Waals surface area contributed by atoms with Crippen molar-refractivity contribution in [3.8, 4) is 0 Å².